The zero-order chi connectivity index (χ0) is 7.40. The van der Waals surface area contributed by atoms with Crippen LogP contribution in [0.25, 0.3) is 0 Å². The second kappa shape index (κ2) is 3.07. The Morgan fingerprint density at radius 2 is 2.50 bits per heavy atom. The highest BCUT2D eigenvalue weighted by molar-refractivity contribution is 5.02. The summed E-state index contributed by atoms with van der Waals surface area (Å²) in [6, 6.07) is 0. The second-order valence-corrected chi connectivity index (χ2v) is 2.14. The molecule has 0 saturated heterocycles. The number of aromatic nitrogens is 2. The van der Waals surface area contributed by atoms with Crippen molar-refractivity contribution < 1.29 is 0 Å². The fourth-order valence-corrected chi connectivity index (χ4v) is 0.713. The maximum Gasteiger partial charge on any atom is 0.102 e. The van der Waals surface area contributed by atoms with Gasteiger partial charge in [-0.3, -0.25) is 4.68 Å². The van der Waals surface area contributed by atoms with Crippen LogP contribution in [0.2, 0.25) is 0 Å². The number of hydrogen-bond acceptors (Lipinski definition) is 1. The first-order valence-electron chi connectivity index (χ1n) is 3.21. The molecule has 0 saturated carbocycles. The minimum Gasteiger partial charge on any atom is -0.260 e. The molecule has 1 aromatic heterocycles. The predicted octanol–water partition coefficient (Wildman–Crippen LogP) is 1.21. The summed E-state index contributed by atoms with van der Waals surface area (Å²) in [5.74, 6) is 5.74. The molecule has 0 radical (unpaired) electrons. The van der Waals surface area contributed by atoms with Crippen molar-refractivity contribution in [1.29, 1.82) is 0 Å². The van der Waals surface area contributed by atoms with Crippen LogP contribution in [0.1, 0.15) is 12.5 Å². The average Bonchev–Trinajstić information content (AvgIpc) is 2.31. The molecular weight excluding hydrogens is 124 g/mol. The van der Waals surface area contributed by atoms with Gasteiger partial charge in [-0.05, 0) is 19.4 Å². The molecule has 0 aliphatic heterocycles. The van der Waals surface area contributed by atoms with Crippen molar-refractivity contribution >= 4 is 0 Å². The summed E-state index contributed by atoms with van der Waals surface area (Å²) in [5, 5.41) is 4.07. The molecule has 0 amide bonds. The molecule has 52 valence electrons. The standard InChI is InChI=1S/C8H10N2/c1-3-4-5-10-7-8(2)6-9-10/h6-7H,5H2,1-2H3. The molecule has 0 spiro atoms. The Labute approximate surface area is 60.9 Å². The summed E-state index contributed by atoms with van der Waals surface area (Å²) < 4.78 is 1.83. The summed E-state index contributed by atoms with van der Waals surface area (Å²) in [6.45, 7) is 4.55. The molecule has 10 heavy (non-hydrogen) atoms. The quantitative estimate of drug-likeness (QED) is 0.528. The van der Waals surface area contributed by atoms with Gasteiger partial charge in [-0.25, -0.2) is 0 Å². The van der Waals surface area contributed by atoms with Gasteiger partial charge in [-0.1, -0.05) is 5.92 Å². The number of aryl methyl sites for hydroxylation is 1. The summed E-state index contributed by atoms with van der Waals surface area (Å²) in [4.78, 5) is 0. The van der Waals surface area contributed by atoms with E-state index in [1.54, 1.807) is 0 Å². The molecule has 0 aliphatic carbocycles. The Kier molecular flexibility index (Phi) is 2.11. The Morgan fingerprint density at radius 1 is 1.70 bits per heavy atom. The van der Waals surface area contributed by atoms with Crippen LogP contribution in [0.15, 0.2) is 12.4 Å². The van der Waals surface area contributed by atoms with Gasteiger partial charge in [-0.15, -0.1) is 5.92 Å². The lowest BCUT2D eigenvalue weighted by Gasteiger charge is -1.88. The van der Waals surface area contributed by atoms with Crippen molar-refractivity contribution in [1.82, 2.24) is 9.78 Å². The molecule has 0 atom stereocenters. The first-order chi connectivity index (χ1) is 4.83. The van der Waals surface area contributed by atoms with E-state index in [4.69, 9.17) is 0 Å². The van der Waals surface area contributed by atoms with Crippen LogP contribution >= 0.6 is 0 Å². The molecule has 1 heterocycles. The van der Waals surface area contributed by atoms with Crippen molar-refractivity contribution in [2.75, 3.05) is 0 Å². The molecule has 0 aliphatic rings. The summed E-state index contributed by atoms with van der Waals surface area (Å²) in [7, 11) is 0. The van der Waals surface area contributed by atoms with E-state index in [0.29, 0.717) is 6.54 Å². The fourth-order valence-electron chi connectivity index (χ4n) is 0.713. The van der Waals surface area contributed by atoms with E-state index in [1.807, 2.05) is 30.9 Å². The summed E-state index contributed by atoms with van der Waals surface area (Å²) >= 11 is 0. The fraction of sp³-hybridized carbons (Fsp3) is 0.375. The highest BCUT2D eigenvalue weighted by atomic mass is 15.3. The predicted molar refractivity (Wildman–Crippen MR) is 40.4 cm³/mol. The maximum absolute atomic E-state index is 4.07. The molecule has 0 unspecified atom stereocenters. The van der Waals surface area contributed by atoms with E-state index in [9.17, 15) is 0 Å². The van der Waals surface area contributed by atoms with Gasteiger partial charge in [0.25, 0.3) is 0 Å². The largest absolute Gasteiger partial charge is 0.260 e. The van der Waals surface area contributed by atoms with Crippen molar-refractivity contribution in [3.8, 4) is 11.8 Å². The highest BCUT2D eigenvalue weighted by Crippen LogP contribution is 1.92. The molecular formula is C8H10N2. The van der Waals surface area contributed by atoms with Crippen molar-refractivity contribution in [2.24, 2.45) is 0 Å². The maximum atomic E-state index is 4.07. The average molecular weight is 134 g/mol. The van der Waals surface area contributed by atoms with Gasteiger partial charge in [0.2, 0.25) is 0 Å². The van der Waals surface area contributed by atoms with Crippen molar-refractivity contribution in [3.63, 3.8) is 0 Å². The monoisotopic (exact) mass is 134 g/mol. The molecule has 0 fully saturated rings. The van der Waals surface area contributed by atoms with E-state index in [-0.39, 0.29) is 0 Å². The lowest BCUT2D eigenvalue weighted by atomic mass is 10.4. The zero-order valence-electron chi connectivity index (χ0n) is 6.26. The topological polar surface area (TPSA) is 17.8 Å². The lowest BCUT2D eigenvalue weighted by Crippen LogP contribution is -1.94. The van der Waals surface area contributed by atoms with E-state index < -0.39 is 0 Å². The van der Waals surface area contributed by atoms with E-state index in [0.717, 1.165) is 0 Å². The molecule has 1 rings (SSSR count). The van der Waals surface area contributed by atoms with Gasteiger partial charge in [0.15, 0.2) is 0 Å². The number of hydrogen-bond donors (Lipinski definition) is 0. The van der Waals surface area contributed by atoms with Crippen molar-refractivity contribution in [3.05, 3.63) is 18.0 Å². The van der Waals surface area contributed by atoms with Gasteiger partial charge in [-0.2, -0.15) is 5.10 Å². The third kappa shape index (κ3) is 1.63. The van der Waals surface area contributed by atoms with Crippen LogP contribution < -0.4 is 0 Å². The van der Waals surface area contributed by atoms with Crippen LogP contribution in [0.3, 0.4) is 0 Å². The van der Waals surface area contributed by atoms with Crippen LogP contribution in [-0.2, 0) is 6.54 Å². The molecule has 0 N–H and O–H groups in total. The molecule has 1 aromatic rings. The van der Waals surface area contributed by atoms with Gasteiger partial charge >= 0.3 is 0 Å². The Balaban J connectivity index is 2.64. The Hall–Kier alpha value is -1.23. The number of nitrogens with zero attached hydrogens (tertiary/aromatic N) is 2. The van der Waals surface area contributed by atoms with Crippen LogP contribution in [-0.4, -0.2) is 9.78 Å². The summed E-state index contributed by atoms with van der Waals surface area (Å²) in [5.41, 5.74) is 1.18. The van der Waals surface area contributed by atoms with Crippen LogP contribution in [0.5, 0.6) is 0 Å². The molecule has 0 aromatic carbocycles. The zero-order valence-corrected chi connectivity index (χ0v) is 6.26. The van der Waals surface area contributed by atoms with Gasteiger partial charge < -0.3 is 0 Å². The summed E-state index contributed by atoms with van der Waals surface area (Å²) in [6.07, 6.45) is 3.81. The smallest absolute Gasteiger partial charge is 0.102 e. The third-order valence-corrected chi connectivity index (χ3v) is 1.18. The second-order valence-electron chi connectivity index (χ2n) is 2.14. The molecule has 0 bridgehead atoms. The molecule has 2 heteroatoms. The minimum atomic E-state index is 0.699. The van der Waals surface area contributed by atoms with Crippen molar-refractivity contribution in [2.45, 2.75) is 20.4 Å². The Morgan fingerprint density at radius 3 is 3.00 bits per heavy atom. The third-order valence-electron chi connectivity index (χ3n) is 1.18. The highest BCUT2D eigenvalue weighted by Gasteiger charge is 1.88. The van der Waals surface area contributed by atoms with E-state index in [1.165, 1.54) is 5.56 Å². The van der Waals surface area contributed by atoms with Gasteiger partial charge in [0.05, 0.1) is 6.20 Å². The van der Waals surface area contributed by atoms with Gasteiger partial charge in [0.1, 0.15) is 6.54 Å². The first kappa shape index (κ1) is 6.88. The SMILES string of the molecule is CC#CCn1cc(C)cn1. The minimum absolute atomic E-state index is 0.699. The molecule has 2 nitrogen and oxygen atoms in total. The normalized spacial score (nSPS) is 8.60. The van der Waals surface area contributed by atoms with E-state index >= 15 is 0 Å². The Bertz CT molecular complexity index is 262. The van der Waals surface area contributed by atoms with Gasteiger partial charge in [0, 0.05) is 6.20 Å². The number of rotatable bonds is 1. The van der Waals surface area contributed by atoms with Crippen LogP contribution in [0.4, 0.5) is 0 Å². The van der Waals surface area contributed by atoms with E-state index in [2.05, 4.69) is 16.9 Å². The lowest BCUT2D eigenvalue weighted by molar-refractivity contribution is 0.715. The first-order valence-corrected chi connectivity index (χ1v) is 3.21. The van der Waals surface area contributed by atoms with Crippen LogP contribution in [0, 0.1) is 18.8 Å².